The number of nitrogens with two attached hydrogens (primary N) is 2. The Morgan fingerprint density at radius 1 is 1.44 bits per heavy atom. The topological polar surface area (TPSA) is 118 Å². The average molecular weight is 229 g/mol. The molecular weight excluding hydrogens is 210 g/mol. The smallest absolute Gasteiger partial charge is 0.237 e. The highest BCUT2D eigenvalue weighted by molar-refractivity contribution is 5.87. The average Bonchev–Trinajstić information content (AvgIpc) is 2.64. The van der Waals surface area contributed by atoms with E-state index in [9.17, 15) is 9.59 Å². The van der Waals surface area contributed by atoms with Crippen LogP contribution in [-0.2, 0) is 9.59 Å². The first kappa shape index (κ1) is 12.9. The minimum Gasteiger partial charge on any atom is -0.396 e. The van der Waals surface area contributed by atoms with Crippen LogP contribution in [0.4, 0.5) is 0 Å². The first-order valence-corrected chi connectivity index (χ1v) is 5.49. The molecule has 6 heteroatoms. The van der Waals surface area contributed by atoms with Gasteiger partial charge >= 0.3 is 0 Å². The van der Waals surface area contributed by atoms with Gasteiger partial charge in [0.05, 0.1) is 12.5 Å². The third-order valence-corrected chi connectivity index (χ3v) is 2.98. The third-order valence-electron chi connectivity index (χ3n) is 2.98. The number of hydrogen-bond acceptors (Lipinski definition) is 4. The molecule has 0 radical (unpaired) electrons. The highest BCUT2D eigenvalue weighted by atomic mass is 16.3. The van der Waals surface area contributed by atoms with Crippen LogP contribution in [-0.4, -0.2) is 35.6 Å². The Morgan fingerprint density at radius 3 is 2.69 bits per heavy atom. The van der Waals surface area contributed by atoms with E-state index in [0.29, 0.717) is 0 Å². The maximum Gasteiger partial charge on any atom is 0.237 e. The molecule has 0 bridgehead atoms. The van der Waals surface area contributed by atoms with E-state index in [1.54, 1.807) is 0 Å². The van der Waals surface area contributed by atoms with Gasteiger partial charge in [0.15, 0.2) is 0 Å². The number of aliphatic hydroxyl groups is 1. The maximum atomic E-state index is 11.6. The molecular formula is C10H19N3O3. The van der Waals surface area contributed by atoms with Crippen molar-refractivity contribution in [2.24, 2.45) is 17.4 Å². The van der Waals surface area contributed by atoms with Gasteiger partial charge in [-0.2, -0.15) is 0 Å². The molecule has 1 rings (SSSR count). The molecule has 0 aliphatic heterocycles. The van der Waals surface area contributed by atoms with Crippen molar-refractivity contribution in [1.29, 1.82) is 0 Å². The number of primary amides is 1. The van der Waals surface area contributed by atoms with Gasteiger partial charge in [-0.05, 0) is 12.8 Å². The van der Waals surface area contributed by atoms with Crippen LogP contribution in [0.2, 0.25) is 0 Å². The molecule has 1 aliphatic carbocycles. The minimum absolute atomic E-state index is 0.0311. The second-order valence-electron chi connectivity index (χ2n) is 4.27. The summed E-state index contributed by atoms with van der Waals surface area (Å²) < 4.78 is 0. The summed E-state index contributed by atoms with van der Waals surface area (Å²) in [5.41, 5.74) is 10.5. The van der Waals surface area contributed by atoms with Gasteiger partial charge in [0, 0.05) is 18.6 Å². The zero-order chi connectivity index (χ0) is 12.1. The molecule has 2 amide bonds. The molecule has 6 nitrogen and oxygen atoms in total. The van der Waals surface area contributed by atoms with Gasteiger partial charge in [-0.3, -0.25) is 9.59 Å². The first-order valence-electron chi connectivity index (χ1n) is 5.49. The van der Waals surface area contributed by atoms with Gasteiger partial charge in [-0.15, -0.1) is 0 Å². The molecule has 0 aromatic heterocycles. The number of hydrogen-bond donors (Lipinski definition) is 4. The summed E-state index contributed by atoms with van der Waals surface area (Å²) in [7, 11) is 0. The van der Waals surface area contributed by atoms with Gasteiger partial charge in [-0.25, -0.2) is 0 Å². The Hall–Kier alpha value is -1.14. The highest BCUT2D eigenvalue weighted by Gasteiger charge is 2.29. The number of carbonyl (C=O) groups excluding carboxylic acids is 2. The van der Waals surface area contributed by atoms with Gasteiger partial charge in [0.2, 0.25) is 11.8 Å². The van der Waals surface area contributed by atoms with Crippen LogP contribution in [0.1, 0.15) is 25.7 Å². The quantitative estimate of drug-likeness (QED) is 0.457. The monoisotopic (exact) mass is 229 g/mol. The first-order chi connectivity index (χ1) is 7.54. The largest absolute Gasteiger partial charge is 0.396 e. The van der Waals surface area contributed by atoms with Crippen molar-refractivity contribution >= 4 is 11.8 Å². The second-order valence-corrected chi connectivity index (χ2v) is 4.27. The SMILES string of the molecule is NC(=O)CC(N)C(=O)NC1CCCC1CO. The molecule has 0 spiro atoms. The zero-order valence-electron chi connectivity index (χ0n) is 9.19. The fraction of sp³-hybridized carbons (Fsp3) is 0.800. The summed E-state index contributed by atoms with van der Waals surface area (Å²) >= 11 is 0. The second kappa shape index (κ2) is 5.81. The Balaban J connectivity index is 2.41. The van der Waals surface area contributed by atoms with Crippen molar-refractivity contribution in [3.63, 3.8) is 0 Å². The lowest BCUT2D eigenvalue weighted by Gasteiger charge is -2.20. The highest BCUT2D eigenvalue weighted by Crippen LogP contribution is 2.24. The summed E-state index contributed by atoms with van der Waals surface area (Å²) in [5.74, 6) is -0.860. The van der Waals surface area contributed by atoms with Crippen LogP contribution >= 0.6 is 0 Å². The number of carbonyl (C=O) groups is 2. The number of aliphatic hydroxyl groups excluding tert-OH is 1. The zero-order valence-corrected chi connectivity index (χ0v) is 9.19. The van der Waals surface area contributed by atoms with Crippen molar-refractivity contribution in [2.75, 3.05) is 6.61 Å². The Bertz CT molecular complexity index is 270. The summed E-state index contributed by atoms with van der Waals surface area (Å²) in [5, 5.41) is 11.8. The van der Waals surface area contributed by atoms with Crippen LogP contribution in [0, 0.1) is 5.92 Å². The van der Waals surface area contributed by atoms with E-state index in [-0.39, 0.29) is 30.9 Å². The Kier molecular flexibility index (Phi) is 4.70. The number of nitrogens with one attached hydrogen (secondary N) is 1. The van der Waals surface area contributed by atoms with Crippen LogP contribution in [0.5, 0.6) is 0 Å². The summed E-state index contributed by atoms with van der Waals surface area (Å²) in [6, 6.07) is -0.922. The van der Waals surface area contributed by atoms with E-state index in [1.807, 2.05) is 0 Å². The summed E-state index contributed by atoms with van der Waals surface area (Å²) in [6.45, 7) is 0.0655. The molecule has 0 aromatic rings. The summed E-state index contributed by atoms with van der Waals surface area (Å²) in [6.07, 6.45) is 2.59. The van der Waals surface area contributed by atoms with Gasteiger partial charge in [-0.1, -0.05) is 6.42 Å². The molecule has 1 saturated carbocycles. The fourth-order valence-corrected chi connectivity index (χ4v) is 2.04. The molecule has 0 saturated heterocycles. The lowest BCUT2D eigenvalue weighted by Crippen LogP contribution is -2.48. The van der Waals surface area contributed by atoms with Gasteiger partial charge in [0.1, 0.15) is 0 Å². The molecule has 3 atom stereocenters. The standard InChI is InChI=1S/C10H19N3O3/c11-7(4-9(12)15)10(16)13-8-3-1-2-6(8)5-14/h6-8,14H,1-5,11H2,(H2,12,15)(H,13,16). The van der Waals surface area contributed by atoms with E-state index in [0.717, 1.165) is 19.3 Å². The van der Waals surface area contributed by atoms with E-state index in [4.69, 9.17) is 16.6 Å². The fourth-order valence-electron chi connectivity index (χ4n) is 2.04. The van der Waals surface area contributed by atoms with Gasteiger partial charge in [0.25, 0.3) is 0 Å². The molecule has 1 fully saturated rings. The molecule has 0 aromatic carbocycles. The molecule has 1 aliphatic rings. The molecule has 0 heterocycles. The third kappa shape index (κ3) is 3.46. The Morgan fingerprint density at radius 2 is 2.12 bits per heavy atom. The van der Waals surface area contributed by atoms with Crippen LogP contribution in [0.3, 0.4) is 0 Å². The van der Waals surface area contributed by atoms with E-state index >= 15 is 0 Å². The molecule has 16 heavy (non-hydrogen) atoms. The predicted octanol–water partition coefficient (Wildman–Crippen LogP) is -1.53. The van der Waals surface area contributed by atoms with Crippen molar-refractivity contribution in [1.82, 2.24) is 5.32 Å². The van der Waals surface area contributed by atoms with Crippen molar-refractivity contribution in [2.45, 2.75) is 37.8 Å². The lowest BCUT2D eigenvalue weighted by molar-refractivity contribution is -0.127. The molecule has 92 valence electrons. The van der Waals surface area contributed by atoms with Crippen LogP contribution < -0.4 is 16.8 Å². The van der Waals surface area contributed by atoms with Crippen LogP contribution in [0.15, 0.2) is 0 Å². The van der Waals surface area contributed by atoms with Crippen molar-refractivity contribution in [3.8, 4) is 0 Å². The van der Waals surface area contributed by atoms with Crippen LogP contribution in [0.25, 0.3) is 0 Å². The lowest BCUT2D eigenvalue weighted by atomic mass is 10.0. The van der Waals surface area contributed by atoms with Crippen molar-refractivity contribution in [3.05, 3.63) is 0 Å². The minimum atomic E-state index is -0.891. The number of amides is 2. The predicted molar refractivity (Wildman–Crippen MR) is 58.1 cm³/mol. The maximum absolute atomic E-state index is 11.6. The van der Waals surface area contributed by atoms with Crippen molar-refractivity contribution < 1.29 is 14.7 Å². The van der Waals surface area contributed by atoms with Gasteiger partial charge < -0.3 is 21.9 Å². The normalized spacial score (nSPS) is 26.4. The van der Waals surface area contributed by atoms with E-state index < -0.39 is 11.9 Å². The van der Waals surface area contributed by atoms with E-state index in [2.05, 4.69) is 5.32 Å². The number of rotatable bonds is 5. The molecule has 6 N–H and O–H groups in total. The molecule has 3 unspecified atom stereocenters. The summed E-state index contributed by atoms with van der Waals surface area (Å²) in [4.78, 5) is 22.2. The van der Waals surface area contributed by atoms with E-state index in [1.165, 1.54) is 0 Å². The Labute approximate surface area is 94.4 Å².